The van der Waals surface area contributed by atoms with Crippen molar-refractivity contribution in [2.45, 2.75) is 13.3 Å². The molecule has 0 radical (unpaired) electrons. The first-order valence-electron chi connectivity index (χ1n) is 12.4. The van der Waals surface area contributed by atoms with Gasteiger partial charge in [-0.2, -0.15) is 0 Å². The van der Waals surface area contributed by atoms with E-state index < -0.39 is 5.92 Å². The molecule has 7 heteroatoms. The smallest absolute Gasteiger partial charge is 0.256 e. The highest BCUT2D eigenvalue weighted by molar-refractivity contribution is 6.07. The number of nitrogens with zero attached hydrogens (tertiary/aromatic N) is 3. The second kappa shape index (κ2) is 10.2. The molecule has 7 nitrogen and oxygen atoms in total. The summed E-state index contributed by atoms with van der Waals surface area (Å²) in [4.78, 5) is 45.0. The van der Waals surface area contributed by atoms with Crippen LogP contribution in [-0.2, 0) is 9.59 Å². The predicted octanol–water partition coefficient (Wildman–Crippen LogP) is 3.95. The third-order valence-corrected chi connectivity index (χ3v) is 7.01. The van der Waals surface area contributed by atoms with Crippen molar-refractivity contribution in [2.24, 2.45) is 5.92 Å². The lowest BCUT2D eigenvalue weighted by Gasteiger charge is -2.36. The number of hydrogen-bond acceptors (Lipinski definition) is 4. The van der Waals surface area contributed by atoms with E-state index in [9.17, 15) is 14.4 Å². The Hall–Kier alpha value is -4.13. The molecule has 36 heavy (non-hydrogen) atoms. The fraction of sp³-hybridized carbons (Fsp3) is 0.276. The van der Waals surface area contributed by atoms with Crippen molar-refractivity contribution in [1.29, 1.82) is 0 Å². The lowest BCUT2D eigenvalue weighted by atomic mass is 10.1. The molecule has 3 aromatic rings. The molecule has 2 heterocycles. The molecule has 0 aliphatic carbocycles. The van der Waals surface area contributed by atoms with E-state index in [1.165, 1.54) is 0 Å². The summed E-state index contributed by atoms with van der Waals surface area (Å²) in [6.45, 7) is 5.01. The van der Waals surface area contributed by atoms with Crippen LogP contribution in [0, 0.1) is 12.8 Å². The minimum atomic E-state index is -0.477. The van der Waals surface area contributed by atoms with Crippen LogP contribution in [0.5, 0.6) is 0 Å². The van der Waals surface area contributed by atoms with Gasteiger partial charge in [0.15, 0.2) is 0 Å². The Morgan fingerprint density at radius 2 is 1.50 bits per heavy atom. The number of nitrogens with one attached hydrogen (secondary N) is 1. The molecular weight excluding hydrogens is 452 g/mol. The van der Waals surface area contributed by atoms with Crippen molar-refractivity contribution in [1.82, 2.24) is 4.90 Å². The van der Waals surface area contributed by atoms with Crippen molar-refractivity contribution in [3.63, 3.8) is 0 Å². The molecule has 0 unspecified atom stereocenters. The van der Waals surface area contributed by atoms with Crippen molar-refractivity contribution in [3.05, 3.63) is 90.0 Å². The summed E-state index contributed by atoms with van der Waals surface area (Å²) in [6.07, 6.45) is 0.151. The normalized spacial score (nSPS) is 17.9. The standard InChI is InChI=1S/C29H30N4O3/c1-21-9-5-8-14-26(21)33-20-22(19-27(33)34)28(35)30-25-13-7-6-12-24(25)29(36)32-17-15-31(16-18-32)23-10-3-2-4-11-23/h2-14,22H,15-20H2,1H3,(H,30,35)/t22-/m0/s1. The lowest BCUT2D eigenvalue weighted by Crippen LogP contribution is -2.49. The molecule has 2 aliphatic heterocycles. The zero-order valence-corrected chi connectivity index (χ0v) is 20.4. The third kappa shape index (κ3) is 4.82. The Balaban J connectivity index is 1.24. The summed E-state index contributed by atoms with van der Waals surface area (Å²) < 4.78 is 0. The van der Waals surface area contributed by atoms with E-state index in [1.54, 1.807) is 23.1 Å². The second-order valence-electron chi connectivity index (χ2n) is 9.34. The van der Waals surface area contributed by atoms with Crippen LogP contribution in [0.15, 0.2) is 78.9 Å². The first kappa shape index (κ1) is 23.6. The summed E-state index contributed by atoms with van der Waals surface area (Å²) in [7, 11) is 0. The van der Waals surface area contributed by atoms with E-state index in [0.29, 0.717) is 30.9 Å². The SMILES string of the molecule is Cc1ccccc1N1C[C@@H](C(=O)Nc2ccccc2C(=O)N2CCN(c3ccccc3)CC2)CC1=O. The minimum Gasteiger partial charge on any atom is -0.368 e. The van der Waals surface area contributed by atoms with Crippen LogP contribution in [0.25, 0.3) is 0 Å². The van der Waals surface area contributed by atoms with Gasteiger partial charge in [0.2, 0.25) is 11.8 Å². The molecule has 1 atom stereocenters. The van der Waals surface area contributed by atoms with E-state index >= 15 is 0 Å². The largest absolute Gasteiger partial charge is 0.368 e. The Morgan fingerprint density at radius 1 is 0.833 bits per heavy atom. The van der Waals surface area contributed by atoms with Crippen molar-refractivity contribution < 1.29 is 14.4 Å². The number of hydrogen-bond donors (Lipinski definition) is 1. The number of aryl methyl sites for hydroxylation is 1. The van der Waals surface area contributed by atoms with Gasteiger partial charge >= 0.3 is 0 Å². The minimum absolute atomic E-state index is 0.0647. The molecule has 2 aliphatic rings. The number of amides is 3. The maximum atomic E-state index is 13.4. The summed E-state index contributed by atoms with van der Waals surface area (Å²) >= 11 is 0. The van der Waals surface area contributed by atoms with Gasteiger partial charge in [0, 0.05) is 50.5 Å². The average Bonchev–Trinajstić information content (AvgIpc) is 3.31. The summed E-state index contributed by atoms with van der Waals surface area (Å²) in [5.74, 6) is -0.879. The lowest BCUT2D eigenvalue weighted by molar-refractivity contribution is -0.122. The number of carbonyl (C=O) groups is 3. The zero-order chi connectivity index (χ0) is 25.1. The molecule has 3 aromatic carbocycles. The van der Waals surface area contributed by atoms with E-state index in [4.69, 9.17) is 0 Å². The maximum Gasteiger partial charge on any atom is 0.256 e. The zero-order valence-electron chi connectivity index (χ0n) is 20.4. The number of para-hydroxylation sites is 3. The monoisotopic (exact) mass is 482 g/mol. The van der Waals surface area contributed by atoms with Gasteiger partial charge in [0.25, 0.3) is 5.91 Å². The van der Waals surface area contributed by atoms with Crippen LogP contribution < -0.4 is 15.1 Å². The third-order valence-electron chi connectivity index (χ3n) is 7.01. The van der Waals surface area contributed by atoms with E-state index in [-0.39, 0.29) is 24.1 Å². The maximum absolute atomic E-state index is 13.4. The Bertz CT molecular complexity index is 1270. The van der Waals surface area contributed by atoms with Gasteiger partial charge in [0.1, 0.15) is 0 Å². The number of carbonyl (C=O) groups excluding carboxylic acids is 3. The quantitative estimate of drug-likeness (QED) is 0.598. The fourth-order valence-electron chi connectivity index (χ4n) is 4.97. The van der Waals surface area contributed by atoms with Crippen LogP contribution >= 0.6 is 0 Å². The topological polar surface area (TPSA) is 73.0 Å². The van der Waals surface area contributed by atoms with Gasteiger partial charge in [-0.3, -0.25) is 14.4 Å². The molecule has 5 rings (SSSR count). The summed E-state index contributed by atoms with van der Waals surface area (Å²) in [5.41, 5.74) is 3.94. The first-order valence-corrected chi connectivity index (χ1v) is 12.4. The molecule has 0 aromatic heterocycles. The van der Waals surface area contributed by atoms with Crippen molar-refractivity contribution >= 4 is 34.8 Å². The van der Waals surface area contributed by atoms with Crippen LogP contribution in [0.3, 0.4) is 0 Å². The van der Waals surface area contributed by atoms with Crippen LogP contribution in [0.2, 0.25) is 0 Å². The molecule has 2 fully saturated rings. The Kier molecular flexibility index (Phi) is 6.71. The molecule has 2 saturated heterocycles. The van der Waals surface area contributed by atoms with Gasteiger partial charge in [0.05, 0.1) is 17.2 Å². The first-order chi connectivity index (χ1) is 17.5. The van der Waals surface area contributed by atoms with Gasteiger partial charge < -0.3 is 20.0 Å². The van der Waals surface area contributed by atoms with Crippen LogP contribution in [0.1, 0.15) is 22.3 Å². The molecule has 184 valence electrons. The molecule has 0 saturated carbocycles. The van der Waals surface area contributed by atoms with Crippen LogP contribution in [0.4, 0.5) is 17.1 Å². The van der Waals surface area contributed by atoms with Gasteiger partial charge in [-0.25, -0.2) is 0 Å². The highest BCUT2D eigenvalue weighted by Crippen LogP contribution is 2.29. The predicted molar refractivity (Wildman–Crippen MR) is 141 cm³/mol. The van der Waals surface area contributed by atoms with Crippen LogP contribution in [-0.4, -0.2) is 55.3 Å². The molecule has 3 amide bonds. The van der Waals surface area contributed by atoms with Gasteiger partial charge in [-0.05, 0) is 42.8 Å². The Labute approximate surface area is 211 Å². The van der Waals surface area contributed by atoms with Gasteiger partial charge in [-0.1, -0.05) is 48.5 Å². The number of benzene rings is 3. The number of piperazine rings is 1. The summed E-state index contributed by atoms with van der Waals surface area (Å²) in [6, 6.07) is 25.0. The Morgan fingerprint density at radius 3 is 2.25 bits per heavy atom. The van der Waals surface area contributed by atoms with Crippen molar-refractivity contribution in [2.75, 3.05) is 47.8 Å². The highest BCUT2D eigenvalue weighted by Gasteiger charge is 2.36. The second-order valence-corrected chi connectivity index (χ2v) is 9.34. The van der Waals surface area contributed by atoms with E-state index in [2.05, 4.69) is 22.3 Å². The van der Waals surface area contributed by atoms with Crippen molar-refractivity contribution in [3.8, 4) is 0 Å². The number of anilines is 3. The van der Waals surface area contributed by atoms with Gasteiger partial charge in [-0.15, -0.1) is 0 Å². The van der Waals surface area contributed by atoms with E-state index in [1.807, 2.05) is 60.4 Å². The molecule has 0 bridgehead atoms. The molecular formula is C29H30N4O3. The highest BCUT2D eigenvalue weighted by atomic mass is 16.2. The fourth-order valence-corrected chi connectivity index (χ4v) is 4.97. The average molecular weight is 483 g/mol. The molecule has 1 N–H and O–H groups in total. The summed E-state index contributed by atoms with van der Waals surface area (Å²) in [5, 5.41) is 2.94. The number of rotatable bonds is 5. The molecule has 0 spiro atoms. The van der Waals surface area contributed by atoms with E-state index in [0.717, 1.165) is 30.0 Å².